The number of nitrogens with zero attached hydrogens (tertiary/aromatic N) is 1. The highest BCUT2D eigenvalue weighted by atomic mass is 32.1. The second-order valence-electron chi connectivity index (χ2n) is 2.87. The van der Waals surface area contributed by atoms with E-state index in [1.165, 1.54) is 18.4 Å². The molecule has 14 heavy (non-hydrogen) atoms. The van der Waals surface area contributed by atoms with Crippen molar-refractivity contribution in [3.63, 3.8) is 0 Å². The van der Waals surface area contributed by atoms with E-state index in [1.807, 2.05) is 6.92 Å². The van der Waals surface area contributed by atoms with Gasteiger partial charge in [-0.2, -0.15) is 0 Å². The zero-order chi connectivity index (χ0) is 10.6. The van der Waals surface area contributed by atoms with Crippen molar-refractivity contribution < 1.29 is 14.6 Å². The molecule has 0 spiro atoms. The van der Waals surface area contributed by atoms with Crippen molar-refractivity contribution in [1.82, 2.24) is 4.98 Å². The van der Waals surface area contributed by atoms with E-state index in [4.69, 9.17) is 0 Å². The maximum atomic E-state index is 11.0. The van der Waals surface area contributed by atoms with Gasteiger partial charge in [-0.15, -0.1) is 11.3 Å². The van der Waals surface area contributed by atoms with Crippen molar-refractivity contribution in [2.45, 2.75) is 25.9 Å². The highest BCUT2D eigenvalue weighted by Crippen LogP contribution is 2.22. The maximum Gasteiger partial charge on any atom is 0.357 e. The second-order valence-corrected chi connectivity index (χ2v) is 3.76. The molecule has 0 aromatic carbocycles. The number of ether oxygens (including phenoxy) is 1. The van der Waals surface area contributed by atoms with E-state index >= 15 is 0 Å². The summed E-state index contributed by atoms with van der Waals surface area (Å²) in [4.78, 5) is 15.0. The lowest BCUT2D eigenvalue weighted by Crippen LogP contribution is -2.03. The molecule has 1 rings (SSSR count). The number of methoxy groups -OCH3 is 1. The Labute approximate surface area is 86.6 Å². The molecule has 0 aliphatic rings. The van der Waals surface area contributed by atoms with Gasteiger partial charge in [0.15, 0.2) is 5.69 Å². The minimum atomic E-state index is -0.566. The predicted molar refractivity (Wildman–Crippen MR) is 53.3 cm³/mol. The van der Waals surface area contributed by atoms with E-state index < -0.39 is 12.1 Å². The number of aliphatic hydroxyl groups excluding tert-OH is 1. The van der Waals surface area contributed by atoms with Crippen molar-refractivity contribution >= 4 is 17.3 Å². The van der Waals surface area contributed by atoms with Gasteiger partial charge in [-0.1, -0.05) is 13.3 Å². The lowest BCUT2D eigenvalue weighted by atomic mass is 10.2. The molecule has 1 heterocycles. The minimum absolute atomic E-state index is 0.266. The Morgan fingerprint density at radius 3 is 3.07 bits per heavy atom. The molecule has 0 fully saturated rings. The summed E-state index contributed by atoms with van der Waals surface area (Å²) in [7, 11) is 1.31. The van der Waals surface area contributed by atoms with Gasteiger partial charge in [0.05, 0.1) is 7.11 Å². The van der Waals surface area contributed by atoms with Crippen LogP contribution in [0.4, 0.5) is 0 Å². The summed E-state index contributed by atoms with van der Waals surface area (Å²) in [6.07, 6.45) is 0.978. The van der Waals surface area contributed by atoms with Crippen molar-refractivity contribution in [2.75, 3.05) is 7.11 Å². The van der Waals surface area contributed by atoms with E-state index in [0.29, 0.717) is 11.4 Å². The lowest BCUT2D eigenvalue weighted by molar-refractivity contribution is 0.0594. The molecule has 1 N–H and O–H groups in total. The van der Waals surface area contributed by atoms with Crippen LogP contribution in [0.1, 0.15) is 41.4 Å². The standard InChI is InChI=1S/C9H13NO3S/c1-3-4-7(11)8-10-6(5-14-8)9(12)13-2/h5,7,11H,3-4H2,1-2H3. The fourth-order valence-corrected chi connectivity index (χ4v) is 1.84. The van der Waals surface area contributed by atoms with Crippen LogP contribution in [-0.2, 0) is 4.74 Å². The van der Waals surface area contributed by atoms with Gasteiger partial charge in [-0.05, 0) is 6.42 Å². The van der Waals surface area contributed by atoms with E-state index in [0.717, 1.165) is 6.42 Å². The van der Waals surface area contributed by atoms with Gasteiger partial charge in [0.2, 0.25) is 0 Å². The molecule has 0 aliphatic carbocycles. The summed E-state index contributed by atoms with van der Waals surface area (Å²) < 4.78 is 4.51. The molecule has 0 amide bonds. The molecule has 0 bridgehead atoms. The topological polar surface area (TPSA) is 59.4 Å². The van der Waals surface area contributed by atoms with Crippen molar-refractivity contribution in [1.29, 1.82) is 0 Å². The van der Waals surface area contributed by atoms with Gasteiger partial charge in [-0.25, -0.2) is 9.78 Å². The smallest absolute Gasteiger partial charge is 0.357 e. The lowest BCUT2D eigenvalue weighted by Gasteiger charge is -2.03. The second kappa shape index (κ2) is 5.07. The first kappa shape index (κ1) is 11.1. The molecule has 0 saturated carbocycles. The van der Waals surface area contributed by atoms with Gasteiger partial charge in [0.1, 0.15) is 11.1 Å². The van der Waals surface area contributed by atoms with Crippen LogP contribution >= 0.6 is 11.3 Å². The van der Waals surface area contributed by atoms with Crippen LogP contribution < -0.4 is 0 Å². The Kier molecular flexibility index (Phi) is 4.03. The zero-order valence-electron chi connectivity index (χ0n) is 8.19. The van der Waals surface area contributed by atoms with Crippen molar-refractivity contribution in [3.05, 3.63) is 16.1 Å². The van der Waals surface area contributed by atoms with Gasteiger partial charge in [0, 0.05) is 5.38 Å². The molecular formula is C9H13NO3S. The SMILES string of the molecule is CCCC(O)c1nc(C(=O)OC)cs1. The van der Waals surface area contributed by atoms with Gasteiger partial charge in [-0.3, -0.25) is 0 Å². The van der Waals surface area contributed by atoms with E-state index in [-0.39, 0.29) is 5.69 Å². The van der Waals surface area contributed by atoms with E-state index in [1.54, 1.807) is 5.38 Å². The Morgan fingerprint density at radius 2 is 2.50 bits per heavy atom. The third-order valence-electron chi connectivity index (χ3n) is 1.76. The number of carbonyl (C=O) groups is 1. The molecule has 5 heteroatoms. The number of thiazole rings is 1. The highest BCUT2D eigenvalue weighted by Gasteiger charge is 2.15. The summed E-state index contributed by atoms with van der Waals surface area (Å²) in [5, 5.41) is 11.8. The molecule has 1 unspecified atom stereocenters. The van der Waals surface area contributed by atoms with E-state index in [9.17, 15) is 9.90 Å². The van der Waals surface area contributed by atoms with Crippen LogP contribution in [0, 0.1) is 0 Å². The van der Waals surface area contributed by atoms with Gasteiger partial charge >= 0.3 is 5.97 Å². The molecule has 0 saturated heterocycles. The average molecular weight is 215 g/mol. The van der Waals surface area contributed by atoms with Crippen LogP contribution in [0.25, 0.3) is 0 Å². The third kappa shape index (κ3) is 2.52. The number of rotatable bonds is 4. The molecular weight excluding hydrogens is 202 g/mol. The summed E-state index contributed by atoms with van der Waals surface area (Å²) in [5.74, 6) is -0.462. The number of aliphatic hydroxyl groups is 1. The number of aromatic nitrogens is 1. The highest BCUT2D eigenvalue weighted by molar-refractivity contribution is 7.09. The first-order valence-corrected chi connectivity index (χ1v) is 5.28. The largest absolute Gasteiger partial charge is 0.464 e. The quantitative estimate of drug-likeness (QED) is 0.777. The Morgan fingerprint density at radius 1 is 1.79 bits per heavy atom. The fourth-order valence-electron chi connectivity index (χ4n) is 1.04. The normalized spacial score (nSPS) is 12.5. The van der Waals surface area contributed by atoms with Crippen LogP contribution in [-0.4, -0.2) is 23.2 Å². The molecule has 78 valence electrons. The monoisotopic (exact) mass is 215 g/mol. The van der Waals surface area contributed by atoms with Crippen molar-refractivity contribution in [3.8, 4) is 0 Å². The molecule has 0 radical (unpaired) electrons. The Hall–Kier alpha value is -0.940. The predicted octanol–water partition coefficient (Wildman–Crippen LogP) is 1.76. The molecule has 1 aromatic heterocycles. The summed E-state index contributed by atoms with van der Waals surface area (Å²) in [5.41, 5.74) is 0.266. The first-order chi connectivity index (χ1) is 6.69. The van der Waals surface area contributed by atoms with Crippen LogP contribution in [0.2, 0.25) is 0 Å². The number of hydrogen-bond acceptors (Lipinski definition) is 5. The molecule has 4 nitrogen and oxygen atoms in total. The Balaban J connectivity index is 2.72. The average Bonchev–Trinajstić information content (AvgIpc) is 2.66. The Bertz CT molecular complexity index is 311. The molecule has 1 aromatic rings. The summed E-state index contributed by atoms with van der Waals surface area (Å²) in [6.45, 7) is 1.98. The first-order valence-electron chi connectivity index (χ1n) is 4.40. The summed E-state index contributed by atoms with van der Waals surface area (Å²) in [6, 6.07) is 0. The number of hydrogen-bond donors (Lipinski definition) is 1. The van der Waals surface area contributed by atoms with Gasteiger partial charge in [0.25, 0.3) is 0 Å². The summed E-state index contributed by atoms with van der Waals surface area (Å²) >= 11 is 1.28. The van der Waals surface area contributed by atoms with Crippen LogP contribution in [0.3, 0.4) is 0 Å². The van der Waals surface area contributed by atoms with Gasteiger partial charge < -0.3 is 9.84 Å². The number of esters is 1. The third-order valence-corrected chi connectivity index (χ3v) is 2.71. The maximum absolute atomic E-state index is 11.0. The van der Waals surface area contributed by atoms with E-state index in [2.05, 4.69) is 9.72 Å². The van der Waals surface area contributed by atoms with Crippen LogP contribution in [0.15, 0.2) is 5.38 Å². The fraction of sp³-hybridized carbons (Fsp3) is 0.556. The molecule has 1 atom stereocenters. The van der Waals surface area contributed by atoms with Crippen molar-refractivity contribution in [2.24, 2.45) is 0 Å². The molecule has 0 aliphatic heterocycles. The zero-order valence-corrected chi connectivity index (χ0v) is 9.00. The minimum Gasteiger partial charge on any atom is -0.464 e. The number of carbonyl (C=O) groups excluding carboxylic acids is 1. The van der Waals surface area contributed by atoms with Crippen LogP contribution in [0.5, 0.6) is 0 Å².